The first kappa shape index (κ1) is 9.48. The van der Waals surface area contributed by atoms with Crippen LogP contribution >= 0.6 is 22.7 Å². The molecule has 0 aliphatic rings. The van der Waals surface area contributed by atoms with Crippen molar-refractivity contribution in [3.8, 4) is 0 Å². The highest BCUT2D eigenvalue weighted by Gasteiger charge is 2.14. The number of carbonyl (C=O) groups is 1. The quantitative estimate of drug-likeness (QED) is 0.736. The van der Waals surface area contributed by atoms with Gasteiger partial charge >= 0.3 is 0 Å². The van der Waals surface area contributed by atoms with E-state index >= 15 is 0 Å². The van der Waals surface area contributed by atoms with Crippen LogP contribution in [-0.4, -0.2) is 15.8 Å². The molecular weight excluding hydrogens is 216 g/mol. The number of thiazole rings is 2. The molecule has 0 aliphatic heterocycles. The molecule has 3 nitrogen and oxygen atoms in total. The summed E-state index contributed by atoms with van der Waals surface area (Å²) in [6, 6.07) is 0. The van der Waals surface area contributed by atoms with Crippen LogP contribution in [0.1, 0.15) is 24.6 Å². The molecule has 0 aliphatic carbocycles. The van der Waals surface area contributed by atoms with Crippen molar-refractivity contribution in [2.45, 2.75) is 13.8 Å². The normalized spacial score (nSPS) is 10.4. The Labute approximate surface area is 89.5 Å². The number of hydrogen-bond acceptors (Lipinski definition) is 5. The minimum Gasteiger partial charge on any atom is -0.287 e. The van der Waals surface area contributed by atoms with E-state index in [0.717, 1.165) is 10.0 Å². The van der Waals surface area contributed by atoms with Crippen LogP contribution in [0.25, 0.3) is 0 Å². The number of aromatic nitrogens is 2. The first-order valence-corrected chi connectivity index (χ1v) is 5.69. The van der Waals surface area contributed by atoms with Gasteiger partial charge in [-0.25, -0.2) is 9.97 Å². The summed E-state index contributed by atoms with van der Waals surface area (Å²) in [5, 5.41) is 1.82. The molecule has 0 saturated heterocycles. The zero-order chi connectivity index (χ0) is 10.1. The van der Waals surface area contributed by atoms with E-state index in [1.165, 1.54) is 22.7 Å². The fraction of sp³-hybridized carbons (Fsp3) is 0.222. The molecule has 2 aromatic heterocycles. The summed E-state index contributed by atoms with van der Waals surface area (Å²) >= 11 is 2.84. The van der Waals surface area contributed by atoms with E-state index in [4.69, 9.17) is 0 Å². The molecule has 0 atom stereocenters. The molecule has 2 rings (SSSR count). The zero-order valence-electron chi connectivity index (χ0n) is 7.77. The summed E-state index contributed by atoms with van der Waals surface area (Å²) in [4.78, 5) is 21.3. The Morgan fingerprint density at radius 3 is 1.79 bits per heavy atom. The molecule has 72 valence electrons. The van der Waals surface area contributed by atoms with Crippen molar-refractivity contribution < 1.29 is 4.79 Å². The van der Waals surface area contributed by atoms with E-state index in [-0.39, 0.29) is 5.78 Å². The van der Waals surface area contributed by atoms with Crippen molar-refractivity contribution in [2.24, 2.45) is 0 Å². The van der Waals surface area contributed by atoms with E-state index in [2.05, 4.69) is 9.97 Å². The van der Waals surface area contributed by atoms with E-state index in [1.54, 1.807) is 12.4 Å². The van der Waals surface area contributed by atoms with Gasteiger partial charge in [0.15, 0.2) is 0 Å². The molecule has 0 amide bonds. The Bertz CT molecular complexity index is 430. The smallest absolute Gasteiger partial charge is 0.216 e. The molecule has 0 radical (unpaired) electrons. The molecule has 2 aromatic rings. The van der Waals surface area contributed by atoms with Gasteiger partial charge in [-0.3, -0.25) is 4.79 Å². The van der Waals surface area contributed by atoms with Crippen molar-refractivity contribution in [3.63, 3.8) is 0 Å². The summed E-state index contributed by atoms with van der Waals surface area (Å²) in [7, 11) is 0. The van der Waals surface area contributed by atoms with Crippen molar-refractivity contribution in [1.29, 1.82) is 0 Å². The third-order valence-corrected chi connectivity index (χ3v) is 3.51. The van der Waals surface area contributed by atoms with Crippen molar-refractivity contribution in [2.75, 3.05) is 0 Å². The van der Waals surface area contributed by atoms with E-state index in [9.17, 15) is 4.79 Å². The van der Waals surface area contributed by atoms with Gasteiger partial charge in [0, 0.05) is 12.4 Å². The summed E-state index contributed by atoms with van der Waals surface area (Å²) in [6.45, 7) is 3.78. The highest BCUT2D eigenvalue weighted by atomic mass is 32.1. The lowest BCUT2D eigenvalue weighted by Crippen LogP contribution is -1.94. The monoisotopic (exact) mass is 224 g/mol. The predicted octanol–water partition coefficient (Wildman–Crippen LogP) is 2.45. The van der Waals surface area contributed by atoms with Gasteiger partial charge in [0.1, 0.15) is 0 Å². The lowest BCUT2D eigenvalue weighted by atomic mass is 10.3. The highest BCUT2D eigenvalue weighted by molar-refractivity contribution is 7.17. The minimum atomic E-state index is 0.0289. The molecule has 0 unspecified atom stereocenters. The molecule has 5 heteroatoms. The Morgan fingerprint density at radius 2 is 1.50 bits per heavy atom. The van der Waals surface area contributed by atoms with Gasteiger partial charge in [-0.2, -0.15) is 0 Å². The fourth-order valence-corrected chi connectivity index (χ4v) is 2.58. The Morgan fingerprint density at radius 1 is 1.07 bits per heavy atom. The van der Waals surface area contributed by atoms with E-state index in [1.807, 2.05) is 13.8 Å². The summed E-state index contributed by atoms with van der Waals surface area (Å²) < 4.78 is 0. The van der Waals surface area contributed by atoms with Crippen LogP contribution in [0.15, 0.2) is 12.4 Å². The topological polar surface area (TPSA) is 42.9 Å². The molecule has 0 N–H and O–H groups in total. The minimum absolute atomic E-state index is 0.0289. The van der Waals surface area contributed by atoms with Crippen LogP contribution < -0.4 is 0 Å². The van der Waals surface area contributed by atoms with E-state index < -0.39 is 0 Å². The fourth-order valence-electron chi connectivity index (χ4n) is 1.05. The van der Waals surface area contributed by atoms with Crippen molar-refractivity contribution in [1.82, 2.24) is 9.97 Å². The third kappa shape index (κ3) is 1.73. The zero-order valence-corrected chi connectivity index (χ0v) is 9.41. The Kier molecular flexibility index (Phi) is 2.43. The van der Waals surface area contributed by atoms with Gasteiger partial charge in [0.2, 0.25) is 5.78 Å². The second kappa shape index (κ2) is 3.59. The van der Waals surface area contributed by atoms with Crippen LogP contribution in [0.2, 0.25) is 0 Å². The predicted molar refractivity (Wildman–Crippen MR) is 57.1 cm³/mol. The molecule has 0 fully saturated rings. The molecule has 14 heavy (non-hydrogen) atoms. The molecule has 2 heterocycles. The van der Waals surface area contributed by atoms with Gasteiger partial charge in [0.25, 0.3) is 0 Å². The molecule has 0 bridgehead atoms. The molecule has 0 aromatic carbocycles. The maximum absolute atomic E-state index is 11.8. The van der Waals surface area contributed by atoms with Gasteiger partial charge in [0.05, 0.1) is 19.8 Å². The molecule has 0 saturated carbocycles. The SMILES string of the molecule is Cc1ncc(C(=O)c2cnc(C)s2)s1. The second-order valence-electron chi connectivity index (χ2n) is 2.82. The largest absolute Gasteiger partial charge is 0.287 e. The summed E-state index contributed by atoms with van der Waals surface area (Å²) in [6.07, 6.45) is 3.24. The maximum Gasteiger partial charge on any atom is 0.216 e. The van der Waals surface area contributed by atoms with Gasteiger partial charge < -0.3 is 0 Å². The average Bonchev–Trinajstić information content (AvgIpc) is 2.73. The van der Waals surface area contributed by atoms with Gasteiger partial charge in [-0.05, 0) is 13.8 Å². The molecule has 0 spiro atoms. The van der Waals surface area contributed by atoms with Crippen LogP contribution in [0, 0.1) is 13.8 Å². The Balaban J connectivity index is 2.33. The number of carbonyl (C=O) groups excluding carboxylic acids is 1. The summed E-state index contributed by atoms with van der Waals surface area (Å²) in [5.41, 5.74) is 0. The van der Waals surface area contributed by atoms with Crippen LogP contribution in [0.5, 0.6) is 0 Å². The number of rotatable bonds is 2. The Hall–Kier alpha value is -1.07. The number of hydrogen-bond donors (Lipinski definition) is 0. The second-order valence-corrected chi connectivity index (χ2v) is 5.29. The summed E-state index contributed by atoms with van der Waals surface area (Å²) in [5.74, 6) is 0.0289. The average molecular weight is 224 g/mol. The number of nitrogens with zero attached hydrogens (tertiary/aromatic N) is 2. The lowest BCUT2D eigenvalue weighted by molar-refractivity contribution is 0.104. The van der Waals surface area contributed by atoms with E-state index in [0.29, 0.717) is 9.75 Å². The van der Waals surface area contributed by atoms with Crippen LogP contribution in [-0.2, 0) is 0 Å². The maximum atomic E-state index is 11.8. The van der Waals surface area contributed by atoms with Gasteiger partial charge in [-0.15, -0.1) is 22.7 Å². The van der Waals surface area contributed by atoms with Crippen LogP contribution in [0.3, 0.4) is 0 Å². The van der Waals surface area contributed by atoms with Crippen molar-refractivity contribution in [3.05, 3.63) is 32.2 Å². The highest BCUT2D eigenvalue weighted by Crippen LogP contribution is 2.20. The first-order chi connectivity index (χ1) is 6.66. The number of aryl methyl sites for hydroxylation is 2. The lowest BCUT2D eigenvalue weighted by Gasteiger charge is -1.88. The van der Waals surface area contributed by atoms with Crippen LogP contribution in [0.4, 0.5) is 0 Å². The number of ketones is 1. The standard InChI is InChI=1S/C9H8N2OS2/c1-5-10-3-7(13-5)9(12)8-4-11-6(2)14-8/h3-4H,1-2H3. The van der Waals surface area contributed by atoms with Crippen molar-refractivity contribution >= 4 is 28.5 Å². The van der Waals surface area contributed by atoms with Gasteiger partial charge in [-0.1, -0.05) is 0 Å². The third-order valence-electron chi connectivity index (χ3n) is 1.69. The molecular formula is C9H8N2OS2. The first-order valence-electron chi connectivity index (χ1n) is 4.06.